The van der Waals surface area contributed by atoms with Crippen molar-refractivity contribution in [2.45, 2.75) is 6.54 Å². The number of rotatable bonds is 3. The molecule has 0 bridgehead atoms. The maximum Gasteiger partial charge on any atom is 0.200 e. The number of carbonyl (C=O) groups is 1. The minimum atomic E-state index is 0.0281. The van der Waals surface area contributed by atoms with Crippen LogP contribution in [0.3, 0.4) is 0 Å². The van der Waals surface area contributed by atoms with Crippen LogP contribution in [0.15, 0.2) is 42.7 Å². The zero-order valence-corrected chi connectivity index (χ0v) is 8.13. The number of imidazole rings is 1. The lowest BCUT2D eigenvalue weighted by Gasteiger charge is -2.03. The van der Waals surface area contributed by atoms with Crippen molar-refractivity contribution in [2.75, 3.05) is 5.73 Å². The van der Waals surface area contributed by atoms with Crippen molar-refractivity contribution in [1.29, 1.82) is 0 Å². The number of hydrogen-bond donors (Lipinski definition) is 1. The lowest BCUT2D eigenvalue weighted by Crippen LogP contribution is -2.11. The maximum atomic E-state index is 11.8. The maximum absolute atomic E-state index is 11.8. The lowest BCUT2D eigenvalue weighted by atomic mass is 10.1. The van der Waals surface area contributed by atoms with Crippen molar-refractivity contribution in [2.24, 2.45) is 0 Å². The van der Waals surface area contributed by atoms with E-state index in [9.17, 15) is 4.79 Å². The van der Waals surface area contributed by atoms with Gasteiger partial charge in [-0.25, -0.2) is 4.98 Å². The molecule has 1 aromatic heterocycles. The van der Waals surface area contributed by atoms with E-state index < -0.39 is 0 Å². The van der Waals surface area contributed by atoms with Crippen molar-refractivity contribution in [3.63, 3.8) is 0 Å². The Kier molecular flexibility index (Phi) is 2.49. The van der Waals surface area contributed by atoms with Crippen LogP contribution in [0.2, 0.25) is 0 Å². The number of nitrogen functional groups attached to an aromatic ring is 1. The molecule has 0 aliphatic carbocycles. The van der Waals surface area contributed by atoms with E-state index in [1.807, 2.05) is 18.2 Å². The Morgan fingerprint density at radius 1 is 1.33 bits per heavy atom. The zero-order valence-electron chi connectivity index (χ0n) is 8.13. The first kappa shape index (κ1) is 9.45. The molecule has 2 aromatic rings. The van der Waals surface area contributed by atoms with Crippen molar-refractivity contribution in [1.82, 2.24) is 9.55 Å². The number of anilines is 1. The fourth-order valence-corrected chi connectivity index (χ4v) is 1.34. The minimum Gasteiger partial charge on any atom is -0.369 e. The normalized spacial score (nSPS) is 10.1. The van der Waals surface area contributed by atoms with Crippen LogP contribution < -0.4 is 5.73 Å². The Hall–Kier alpha value is -2.10. The highest BCUT2D eigenvalue weighted by Gasteiger charge is 2.07. The van der Waals surface area contributed by atoms with Gasteiger partial charge in [0.1, 0.15) is 0 Å². The highest BCUT2D eigenvalue weighted by Crippen LogP contribution is 2.05. The number of nitrogens with two attached hydrogens (primary N) is 1. The van der Waals surface area contributed by atoms with Gasteiger partial charge in [0.05, 0.1) is 6.54 Å². The summed E-state index contributed by atoms with van der Waals surface area (Å²) in [5.74, 6) is 0.389. The minimum absolute atomic E-state index is 0.0281. The van der Waals surface area contributed by atoms with Gasteiger partial charge in [0.2, 0.25) is 5.95 Å². The standard InChI is InChI=1S/C11H11N3O/c12-11-13-6-7-14(11)8-10(15)9-4-2-1-3-5-9/h1-7H,8H2,(H2,12,13). The zero-order chi connectivity index (χ0) is 10.7. The average Bonchev–Trinajstić information content (AvgIpc) is 2.66. The second-order valence-corrected chi connectivity index (χ2v) is 3.20. The molecular weight excluding hydrogens is 190 g/mol. The van der Waals surface area contributed by atoms with Crippen LogP contribution in [-0.2, 0) is 6.54 Å². The topological polar surface area (TPSA) is 60.9 Å². The summed E-state index contributed by atoms with van der Waals surface area (Å²) in [4.78, 5) is 15.6. The van der Waals surface area contributed by atoms with E-state index in [0.717, 1.165) is 0 Å². The molecule has 0 atom stereocenters. The quantitative estimate of drug-likeness (QED) is 0.762. The molecule has 2 rings (SSSR count). The molecule has 0 amide bonds. The molecule has 76 valence electrons. The number of hydrogen-bond acceptors (Lipinski definition) is 3. The largest absolute Gasteiger partial charge is 0.369 e. The second-order valence-electron chi connectivity index (χ2n) is 3.20. The number of benzene rings is 1. The van der Waals surface area contributed by atoms with E-state index in [0.29, 0.717) is 11.5 Å². The molecule has 1 heterocycles. The summed E-state index contributed by atoms with van der Waals surface area (Å²) in [6, 6.07) is 9.13. The van der Waals surface area contributed by atoms with Gasteiger partial charge in [-0.1, -0.05) is 30.3 Å². The lowest BCUT2D eigenvalue weighted by molar-refractivity contribution is 0.0973. The van der Waals surface area contributed by atoms with Gasteiger partial charge in [0, 0.05) is 18.0 Å². The molecule has 0 aliphatic rings. The van der Waals surface area contributed by atoms with E-state index >= 15 is 0 Å². The predicted molar refractivity (Wildman–Crippen MR) is 57.4 cm³/mol. The summed E-state index contributed by atoms with van der Waals surface area (Å²) >= 11 is 0. The Balaban J connectivity index is 2.15. The average molecular weight is 201 g/mol. The summed E-state index contributed by atoms with van der Waals surface area (Å²) in [6.45, 7) is 0.232. The third-order valence-electron chi connectivity index (χ3n) is 2.16. The molecule has 2 N–H and O–H groups in total. The van der Waals surface area contributed by atoms with Crippen LogP contribution in [0, 0.1) is 0 Å². The van der Waals surface area contributed by atoms with E-state index in [1.54, 1.807) is 29.1 Å². The molecule has 0 saturated carbocycles. The molecule has 0 spiro atoms. The highest BCUT2D eigenvalue weighted by atomic mass is 16.1. The molecule has 0 fully saturated rings. The van der Waals surface area contributed by atoms with E-state index in [1.165, 1.54) is 0 Å². The molecule has 1 aromatic carbocycles. The highest BCUT2D eigenvalue weighted by molar-refractivity contribution is 5.95. The SMILES string of the molecule is Nc1nccn1CC(=O)c1ccccc1. The van der Waals surface area contributed by atoms with Gasteiger partial charge < -0.3 is 10.3 Å². The first-order valence-corrected chi connectivity index (χ1v) is 4.62. The van der Waals surface area contributed by atoms with Gasteiger partial charge in [0.15, 0.2) is 5.78 Å². The molecule has 0 saturated heterocycles. The number of ketones is 1. The Labute approximate surface area is 87.4 Å². The van der Waals surface area contributed by atoms with Crippen LogP contribution in [0.5, 0.6) is 0 Å². The van der Waals surface area contributed by atoms with Crippen molar-refractivity contribution < 1.29 is 4.79 Å². The van der Waals surface area contributed by atoms with Gasteiger partial charge in [-0.2, -0.15) is 0 Å². The molecule has 0 unspecified atom stereocenters. The summed E-state index contributed by atoms with van der Waals surface area (Å²) < 4.78 is 1.62. The van der Waals surface area contributed by atoms with Crippen molar-refractivity contribution in [3.05, 3.63) is 48.3 Å². The van der Waals surface area contributed by atoms with Crippen LogP contribution in [0.25, 0.3) is 0 Å². The molecule has 0 radical (unpaired) electrons. The van der Waals surface area contributed by atoms with Crippen LogP contribution >= 0.6 is 0 Å². The fourth-order valence-electron chi connectivity index (χ4n) is 1.34. The van der Waals surface area contributed by atoms with Gasteiger partial charge in [-0.3, -0.25) is 4.79 Å². The van der Waals surface area contributed by atoms with E-state index in [4.69, 9.17) is 5.73 Å². The second kappa shape index (κ2) is 3.96. The Bertz CT molecular complexity index is 462. The Morgan fingerprint density at radius 2 is 2.07 bits per heavy atom. The van der Waals surface area contributed by atoms with Crippen LogP contribution in [0.1, 0.15) is 10.4 Å². The van der Waals surface area contributed by atoms with Gasteiger partial charge in [-0.05, 0) is 0 Å². The van der Waals surface area contributed by atoms with Gasteiger partial charge in [0.25, 0.3) is 0 Å². The predicted octanol–water partition coefficient (Wildman–Crippen LogP) is 1.35. The molecule has 0 aliphatic heterocycles. The smallest absolute Gasteiger partial charge is 0.200 e. The molecule has 4 heteroatoms. The Morgan fingerprint density at radius 3 is 2.67 bits per heavy atom. The summed E-state index contributed by atoms with van der Waals surface area (Å²) in [6.07, 6.45) is 3.27. The first-order chi connectivity index (χ1) is 7.27. The number of nitrogens with zero attached hydrogens (tertiary/aromatic N) is 2. The third kappa shape index (κ3) is 2.04. The summed E-state index contributed by atoms with van der Waals surface area (Å²) in [7, 11) is 0. The van der Waals surface area contributed by atoms with E-state index in [2.05, 4.69) is 4.98 Å². The molecule has 4 nitrogen and oxygen atoms in total. The summed E-state index contributed by atoms with van der Waals surface area (Å²) in [5.41, 5.74) is 6.25. The summed E-state index contributed by atoms with van der Waals surface area (Å²) in [5, 5.41) is 0. The van der Waals surface area contributed by atoms with Gasteiger partial charge >= 0.3 is 0 Å². The van der Waals surface area contributed by atoms with Crippen LogP contribution in [-0.4, -0.2) is 15.3 Å². The van der Waals surface area contributed by atoms with Crippen LogP contribution in [0.4, 0.5) is 5.95 Å². The van der Waals surface area contributed by atoms with Crippen molar-refractivity contribution in [3.8, 4) is 0 Å². The first-order valence-electron chi connectivity index (χ1n) is 4.62. The van der Waals surface area contributed by atoms with Crippen molar-refractivity contribution >= 4 is 11.7 Å². The monoisotopic (exact) mass is 201 g/mol. The number of carbonyl (C=O) groups excluding carboxylic acids is 1. The molecular formula is C11H11N3O. The number of Topliss-reactive ketones (excluding diaryl/α,β-unsaturated/α-hetero) is 1. The fraction of sp³-hybridized carbons (Fsp3) is 0.0909. The third-order valence-corrected chi connectivity index (χ3v) is 2.16. The molecule has 15 heavy (non-hydrogen) atoms. The number of aromatic nitrogens is 2. The van der Waals surface area contributed by atoms with E-state index in [-0.39, 0.29) is 12.3 Å². The van der Waals surface area contributed by atoms with Gasteiger partial charge in [-0.15, -0.1) is 0 Å².